The highest BCUT2D eigenvalue weighted by Crippen LogP contribution is 2.12. The third-order valence-corrected chi connectivity index (χ3v) is 4.57. The van der Waals surface area contributed by atoms with Gasteiger partial charge in [-0.05, 0) is 35.9 Å². The zero-order valence-electron chi connectivity index (χ0n) is 16.6. The van der Waals surface area contributed by atoms with Gasteiger partial charge in [-0.3, -0.25) is 14.5 Å². The SMILES string of the molecule is Cl.Cl.Nc1cccc(C(=O)NCc2cccc(NC(=O)CCN3CCOCC3)c2)c1. The van der Waals surface area contributed by atoms with Gasteiger partial charge in [0.05, 0.1) is 13.2 Å². The highest BCUT2D eigenvalue weighted by atomic mass is 35.5. The summed E-state index contributed by atoms with van der Waals surface area (Å²) in [7, 11) is 0. The Balaban J connectivity index is 0.00000225. The molecule has 1 aliphatic rings. The molecule has 0 saturated carbocycles. The van der Waals surface area contributed by atoms with Crippen molar-refractivity contribution in [2.75, 3.05) is 43.9 Å². The number of carbonyl (C=O) groups is 2. The highest BCUT2D eigenvalue weighted by Gasteiger charge is 2.12. The summed E-state index contributed by atoms with van der Waals surface area (Å²) in [5, 5.41) is 5.79. The molecule has 7 nitrogen and oxygen atoms in total. The minimum absolute atomic E-state index is 0. The predicted octanol–water partition coefficient (Wildman–Crippen LogP) is 2.70. The van der Waals surface area contributed by atoms with E-state index in [9.17, 15) is 9.59 Å². The van der Waals surface area contributed by atoms with Crippen LogP contribution in [0.3, 0.4) is 0 Å². The first kappa shape index (κ1) is 25.7. The van der Waals surface area contributed by atoms with Crippen LogP contribution in [-0.4, -0.2) is 49.6 Å². The molecule has 30 heavy (non-hydrogen) atoms. The number of halogens is 2. The number of carbonyl (C=O) groups excluding carboxylic acids is 2. The molecule has 1 fully saturated rings. The van der Waals surface area contributed by atoms with Gasteiger partial charge in [-0.2, -0.15) is 0 Å². The number of rotatable bonds is 7. The number of ether oxygens (including phenoxy) is 1. The molecule has 2 aromatic rings. The molecule has 0 radical (unpaired) electrons. The van der Waals surface area contributed by atoms with Crippen LogP contribution in [0.15, 0.2) is 48.5 Å². The molecule has 9 heteroatoms. The summed E-state index contributed by atoms with van der Waals surface area (Å²) in [6, 6.07) is 14.3. The molecule has 0 aromatic heterocycles. The van der Waals surface area contributed by atoms with E-state index >= 15 is 0 Å². The summed E-state index contributed by atoms with van der Waals surface area (Å²) < 4.78 is 5.31. The average molecular weight is 455 g/mol. The summed E-state index contributed by atoms with van der Waals surface area (Å²) in [6.45, 7) is 4.29. The Morgan fingerprint density at radius 1 is 1.03 bits per heavy atom. The Bertz CT molecular complexity index is 829. The first-order valence-electron chi connectivity index (χ1n) is 9.43. The summed E-state index contributed by atoms with van der Waals surface area (Å²) in [5.41, 5.74) is 8.41. The van der Waals surface area contributed by atoms with E-state index in [0.717, 1.165) is 44.1 Å². The zero-order valence-corrected chi connectivity index (χ0v) is 18.3. The lowest BCUT2D eigenvalue weighted by Gasteiger charge is -2.26. The fraction of sp³-hybridized carbons (Fsp3) is 0.333. The zero-order chi connectivity index (χ0) is 19.8. The van der Waals surface area contributed by atoms with Crippen LogP contribution in [0.5, 0.6) is 0 Å². The molecule has 0 unspecified atom stereocenters. The molecule has 2 amide bonds. The van der Waals surface area contributed by atoms with E-state index < -0.39 is 0 Å². The molecular formula is C21H28Cl2N4O3. The maximum Gasteiger partial charge on any atom is 0.251 e. The fourth-order valence-corrected chi connectivity index (χ4v) is 3.03. The second-order valence-electron chi connectivity index (χ2n) is 6.76. The van der Waals surface area contributed by atoms with Crippen molar-refractivity contribution in [3.63, 3.8) is 0 Å². The van der Waals surface area contributed by atoms with E-state index in [0.29, 0.717) is 24.2 Å². The van der Waals surface area contributed by atoms with E-state index in [2.05, 4.69) is 15.5 Å². The minimum atomic E-state index is -0.188. The van der Waals surface area contributed by atoms with E-state index in [1.807, 2.05) is 24.3 Å². The Labute approximate surface area is 189 Å². The van der Waals surface area contributed by atoms with E-state index in [4.69, 9.17) is 10.5 Å². The van der Waals surface area contributed by atoms with Gasteiger partial charge in [0, 0.05) is 49.5 Å². The van der Waals surface area contributed by atoms with Crippen LogP contribution < -0.4 is 16.4 Å². The third kappa shape index (κ3) is 8.20. The Kier molecular flexibility index (Phi) is 11.2. The van der Waals surface area contributed by atoms with E-state index in [1.165, 1.54) is 0 Å². The van der Waals surface area contributed by atoms with Crippen molar-refractivity contribution in [1.82, 2.24) is 10.2 Å². The predicted molar refractivity (Wildman–Crippen MR) is 123 cm³/mol. The Morgan fingerprint density at radius 3 is 2.50 bits per heavy atom. The molecule has 164 valence electrons. The van der Waals surface area contributed by atoms with Gasteiger partial charge in [0.1, 0.15) is 0 Å². The lowest BCUT2D eigenvalue weighted by molar-refractivity contribution is -0.116. The second-order valence-corrected chi connectivity index (χ2v) is 6.76. The van der Waals surface area contributed by atoms with E-state index in [-0.39, 0.29) is 36.6 Å². The van der Waals surface area contributed by atoms with Crippen LogP contribution in [0.25, 0.3) is 0 Å². The van der Waals surface area contributed by atoms with Crippen molar-refractivity contribution >= 4 is 48.0 Å². The third-order valence-electron chi connectivity index (χ3n) is 4.57. The normalized spacial score (nSPS) is 13.5. The molecule has 0 atom stereocenters. The van der Waals surface area contributed by atoms with Gasteiger partial charge in [-0.25, -0.2) is 0 Å². The first-order chi connectivity index (χ1) is 13.6. The monoisotopic (exact) mass is 454 g/mol. The first-order valence-corrected chi connectivity index (χ1v) is 9.43. The topological polar surface area (TPSA) is 96.7 Å². The number of anilines is 2. The van der Waals surface area contributed by atoms with Gasteiger partial charge in [0.25, 0.3) is 5.91 Å². The Hall–Kier alpha value is -2.32. The molecule has 2 aromatic carbocycles. The lowest BCUT2D eigenvalue weighted by atomic mass is 10.1. The number of nitrogens with zero attached hydrogens (tertiary/aromatic N) is 1. The summed E-state index contributed by atoms with van der Waals surface area (Å²) in [5.74, 6) is -0.209. The number of benzene rings is 2. The van der Waals surface area contributed by atoms with Crippen molar-refractivity contribution in [3.8, 4) is 0 Å². The fourth-order valence-electron chi connectivity index (χ4n) is 3.03. The molecule has 1 saturated heterocycles. The van der Waals surface area contributed by atoms with Crippen LogP contribution in [-0.2, 0) is 16.1 Å². The number of nitrogens with one attached hydrogen (secondary N) is 2. The van der Waals surface area contributed by atoms with Gasteiger partial charge in [0.2, 0.25) is 5.91 Å². The minimum Gasteiger partial charge on any atom is -0.399 e. The van der Waals surface area contributed by atoms with Crippen LogP contribution in [0, 0.1) is 0 Å². The molecule has 0 aliphatic carbocycles. The Morgan fingerprint density at radius 2 is 1.77 bits per heavy atom. The van der Waals surface area contributed by atoms with Gasteiger partial charge in [0.15, 0.2) is 0 Å². The van der Waals surface area contributed by atoms with Gasteiger partial charge < -0.3 is 21.1 Å². The number of nitrogen functional groups attached to an aromatic ring is 1. The molecule has 4 N–H and O–H groups in total. The van der Waals surface area contributed by atoms with Crippen LogP contribution >= 0.6 is 24.8 Å². The number of nitrogens with two attached hydrogens (primary N) is 1. The number of hydrogen-bond acceptors (Lipinski definition) is 5. The van der Waals surface area contributed by atoms with Crippen LogP contribution in [0.1, 0.15) is 22.3 Å². The van der Waals surface area contributed by atoms with Gasteiger partial charge >= 0.3 is 0 Å². The van der Waals surface area contributed by atoms with Crippen LogP contribution in [0.4, 0.5) is 11.4 Å². The average Bonchev–Trinajstić information content (AvgIpc) is 2.71. The molecular weight excluding hydrogens is 427 g/mol. The van der Waals surface area contributed by atoms with Gasteiger partial charge in [-0.15, -0.1) is 24.8 Å². The molecule has 0 spiro atoms. The largest absolute Gasteiger partial charge is 0.399 e. The highest BCUT2D eigenvalue weighted by molar-refractivity contribution is 5.95. The summed E-state index contributed by atoms with van der Waals surface area (Å²) >= 11 is 0. The van der Waals surface area contributed by atoms with Crippen molar-refractivity contribution in [2.45, 2.75) is 13.0 Å². The number of hydrogen-bond donors (Lipinski definition) is 3. The summed E-state index contributed by atoms with van der Waals surface area (Å²) in [4.78, 5) is 26.6. The standard InChI is InChI=1S/C21H26N4O3.2ClH/c22-18-5-2-4-17(14-18)21(27)23-15-16-3-1-6-19(13-16)24-20(26)7-8-25-9-11-28-12-10-25;;/h1-6,13-14H,7-12,15,22H2,(H,23,27)(H,24,26);2*1H. The van der Waals surface area contributed by atoms with Crippen LogP contribution in [0.2, 0.25) is 0 Å². The second kappa shape index (κ2) is 13.1. The van der Waals surface area contributed by atoms with Crippen molar-refractivity contribution < 1.29 is 14.3 Å². The van der Waals surface area contributed by atoms with Crippen molar-refractivity contribution in [1.29, 1.82) is 0 Å². The number of morpholine rings is 1. The van der Waals surface area contributed by atoms with Crippen molar-refractivity contribution in [2.24, 2.45) is 0 Å². The summed E-state index contributed by atoms with van der Waals surface area (Å²) in [6.07, 6.45) is 0.441. The lowest BCUT2D eigenvalue weighted by Crippen LogP contribution is -2.38. The molecule has 1 aliphatic heterocycles. The van der Waals surface area contributed by atoms with E-state index in [1.54, 1.807) is 24.3 Å². The maximum atomic E-state index is 12.2. The van der Waals surface area contributed by atoms with Gasteiger partial charge in [-0.1, -0.05) is 18.2 Å². The smallest absolute Gasteiger partial charge is 0.251 e. The maximum absolute atomic E-state index is 12.2. The molecule has 1 heterocycles. The quantitative estimate of drug-likeness (QED) is 0.558. The molecule has 3 rings (SSSR count). The number of amides is 2. The molecule has 0 bridgehead atoms. The van der Waals surface area contributed by atoms with Crippen molar-refractivity contribution in [3.05, 3.63) is 59.7 Å².